The molecule has 0 saturated heterocycles. The Hall–Kier alpha value is -3.30. The molecule has 0 aliphatic carbocycles. The molecule has 10 nitrogen and oxygen atoms in total. The maximum Gasteiger partial charge on any atom is 0.516 e. The molecule has 1 aromatic rings. The predicted molar refractivity (Wildman–Crippen MR) is 124 cm³/mol. The van der Waals surface area contributed by atoms with Gasteiger partial charge in [0.1, 0.15) is 18.2 Å². The van der Waals surface area contributed by atoms with Gasteiger partial charge in [-0.05, 0) is 51.5 Å². The second-order valence-corrected chi connectivity index (χ2v) is 9.06. The first-order chi connectivity index (χ1) is 16.0. The zero-order valence-corrected chi connectivity index (χ0v) is 20.6. The molecular formula is C24H36N2O8. The number of nitrogens with one attached hydrogen (secondary N) is 2. The van der Waals surface area contributed by atoms with Crippen LogP contribution >= 0.6 is 0 Å². The van der Waals surface area contributed by atoms with E-state index in [0.29, 0.717) is 19.4 Å². The van der Waals surface area contributed by atoms with E-state index in [9.17, 15) is 19.2 Å². The second kappa shape index (κ2) is 14.8. The van der Waals surface area contributed by atoms with E-state index in [0.717, 1.165) is 5.56 Å². The lowest BCUT2D eigenvalue weighted by Gasteiger charge is -2.20. The van der Waals surface area contributed by atoms with Crippen molar-refractivity contribution in [1.29, 1.82) is 0 Å². The fraction of sp³-hybridized carbons (Fsp3) is 0.583. The molecule has 1 aromatic carbocycles. The van der Waals surface area contributed by atoms with Crippen LogP contribution in [0.3, 0.4) is 0 Å². The van der Waals surface area contributed by atoms with Crippen LogP contribution in [0.25, 0.3) is 0 Å². The van der Waals surface area contributed by atoms with Crippen LogP contribution in [0.4, 0.5) is 14.4 Å². The number of hydrogen-bond acceptors (Lipinski definition) is 8. The summed E-state index contributed by atoms with van der Waals surface area (Å²) in [5, 5.41) is 5.05. The Morgan fingerprint density at radius 2 is 1.62 bits per heavy atom. The summed E-state index contributed by atoms with van der Waals surface area (Å²) in [5.41, 5.74) is 0.176. The monoisotopic (exact) mass is 480 g/mol. The quantitative estimate of drug-likeness (QED) is 0.207. The van der Waals surface area contributed by atoms with Crippen molar-refractivity contribution in [2.45, 2.75) is 72.1 Å². The molecule has 34 heavy (non-hydrogen) atoms. The van der Waals surface area contributed by atoms with Crippen molar-refractivity contribution in [2.24, 2.45) is 5.92 Å². The lowest BCUT2D eigenvalue weighted by molar-refractivity contribution is -0.142. The first-order valence-electron chi connectivity index (χ1n) is 11.3. The molecule has 0 heterocycles. The van der Waals surface area contributed by atoms with Gasteiger partial charge < -0.3 is 29.6 Å². The molecule has 0 unspecified atom stereocenters. The Kier molecular flexibility index (Phi) is 12.5. The van der Waals surface area contributed by atoms with E-state index in [1.165, 1.54) is 0 Å². The summed E-state index contributed by atoms with van der Waals surface area (Å²) in [4.78, 5) is 48.1. The van der Waals surface area contributed by atoms with Crippen molar-refractivity contribution < 1.29 is 38.1 Å². The third kappa shape index (κ3) is 14.0. The average molecular weight is 481 g/mol. The summed E-state index contributed by atoms with van der Waals surface area (Å²) in [5.74, 6) is -0.882. The number of carbonyl (C=O) groups is 4. The number of esters is 1. The minimum atomic E-state index is -1.13. The van der Waals surface area contributed by atoms with Crippen LogP contribution in [-0.2, 0) is 30.3 Å². The Labute approximate surface area is 200 Å². The minimum Gasteiger partial charge on any atom is -0.445 e. The summed E-state index contributed by atoms with van der Waals surface area (Å²) in [6, 6.07) is 7.92. The number of hydrogen-bond donors (Lipinski definition) is 2. The summed E-state index contributed by atoms with van der Waals surface area (Å²) in [6.45, 7) is 9.39. The molecule has 0 bridgehead atoms. The van der Waals surface area contributed by atoms with Crippen LogP contribution in [-0.4, -0.2) is 49.1 Å². The van der Waals surface area contributed by atoms with E-state index in [1.807, 2.05) is 32.0 Å². The first kappa shape index (κ1) is 28.7. The van der Waals surface area contributed by atoms with Gasteiger partial charge in [0, 0.05) is 6.54 Å². The molecule has 2 amide bonds. The van der Waals surface area contributed by atoms with Gasteiger partial charge in [-0.1, -0.05) is 44.2 Å². The standard InChI is InChI=1S/C24H36N2O8/c1-17(2)15-32-23(30)33-20(27)19(13-9-10-14-25-21(28)34-24(3,4)5)26-22(29)31-16-18-11-7-6-8-12-18/h6-8,11-12,17,19H,9-10,13-16H2,1-5H3,(H,25,28)(H,26,29)/t19-/m0/s1. The van der Waals surface area contributed by atoms with Crippen molar-refractivity contribution in [3.05, 3.63) is 35.9 Å². The molecule has 0 spiro atoms. The van der Waals surface area contributed by atoms with E-state index in [2.05, 4.69) is 10.6 Å². The largest absolute Gasteiger partial charge is 0.516 e. The number of carbonyl (C=O) groups excluding carboxylic acids is 4. The first-order valence-corrected chi connectivity index (χ1v) is 11.3. The van der Waals surface area contributed by atoms with Crippen LogP contribution in [0.1, 0.15) is 59.4 Å². The molecule has 190 valence electrons. The van der Waals surface area contributed by atoms with Crippen molar-refractivity contribution in [1.82, 2.24) is 10.6 Å². The van der Waals surface area contributed by atoms with Gasteiger partial charge in [-0.15, -0.1) is 0 Å². The molecule has 1 atom stereocenters. The molecule has 0 aromatic heterocycles. The molecule has 0 saturated carbocycles. The molecule has 1 rings (SSSR count). The van der Waals surface area contributed by atoms with Crippen molar-refractivity contribution in [2.75, 3.05) is 13.2 Å². The fourth-order valence-electron chi connectivity index (χ4n) is 2.55. The number of alkyl carbamates (subject to hydrolysis) is 2. The number of rotatable bonds is 11. The maximum atomic E-state index is 12.5. The highest BCUT2D eigenvalue weighted by Gasteiger charge is 2.26. The Morgan fingerprint density at radius 1 is 0.941 bits per heavy atom. The van der Waals surface area contributed by atoms with Gasteiger partial charge in [-0.25, -0.2) is 19.2 Å². The zero-order valence-electron chi connectivity index (χ0n) is 20.6. The topological polar surface area (TPSA) is 129 Å². The summed E-state index contributed by atoms with van der Waals surface area (Å²) >= 11 is 0. The van der Waals surface area contributed by atoms with E-state index in [1.54, 1.807) is 32.9 Å². The van der Waals surface area contributed by atoms with E-state index in [-0.39, 0.29) is 25.6 Å². The Balaban J connectivity index is 2.56. The van der Waals surface area contributed by atoms with Gasteiger partial charge in [0.2, 0.25) is 0 Å². The summed E-state index contributed by atoms with van der Waals surface area (Å²) in [6.07, 6.45) is -1.40. The van der Waals surface area contributed by atoms with Gasteiger partial charge >= 0.3 is 24.3 Å². The third-order valence-corrected chi connectivity index (χ3v) is 4.10. The van der Waals surface area contributed by atoms with Gasteiger partial charge in [0.15, 0.2) is 0 Å². The number of ether oxygens (including phenoxy) is 4. The van der Waals surface area contributed by atoms with Crippen LogP contribution in [0, 0.1) is 5.92 Å². The van der Waals surface area contributed by atoms with Crippen LogP contribution < -0.4 is 10.6 Å². The normalized spacial score (nSPS) is 11.8. The molecule has 0 fully saturated rings. The Morgan fingerprint density at radius 3 is 2.24 bits per heavy atom. The number of benzene rings is 1. The third-order valence-electron chi connectivity index (χ3n) is 4.10. The summed E-state index contributed by atoms with van der Waals surface area (Å²) < 4.78 is 19.9. The van der Waals surface area contributed by atoms with Crippen LogP contribution in [0.5, 0.6) is 0 Å². The minimum absolute atomic E-state index is 0.0185. The smallest absolute Gasteiger partial charge is 0.445 e. The van der Waals surface area contributed by atoms with Gasteiger partial charge in [-0.2, -0.15) is 0 Å². The van der Waals surface area contributed by atoms with Crippen molar-refractivity contribution >= 4 is 24.3 Å². The molecule has 0 radical (unpaired) electrons. The molecular weight excluding hydrogens is 444 g/mol. The molecule has 0 aliphatic heterocycles. The fourth-order valence-corrected chi connectivity index (χ4v) is 2.55. The maximum absolute atomic E-state index is 12.5. The van der Waals surface area contributed by atoms with Crippen LogP contribution in [0.2, 0.25) is 0 Å². The number of amides is 2. The lowest BCUT2D eigenvalue weighted by atomic mass is 10.1. The van der Waals surface area contributed by atoms with Gasteiger partial charge in [0.05, 0.1) is 6.61 Å². The second-order valence-electron chi connectivity index (χ2n) is 9.06. The van der Waals surface area contributed by atoms with E-state index < -0.39 is 36.0 Å². The zero-order chi connectivity index (χ0) is 25.6. The highest BCUT2D eigenvalue weighted by molar-refractivity contribution is 5.88. The molecule has 10 heteroatoms. The highest BCUT2D eigenvalue weighted by Crippen LogP contribution is 2.08. The average Bonchev–Trinajstić information content (AvgIpc) is 2.74. The van der Waals surface area contributed by atoms with Gasteiger partial charge in [0.25, 0.3) is 0 Å². The lowest BCUT2D eigenvalue weighted by Crippen LogP contribution is -2.43. The highest BCUT2D eigenvalue weighted by atomic mass is 16.7. The van der Waals surface area contributed by atoms with E-state index >= 15 is 0 Å². The number of unbranched alkanes of at least 4 members (excludes halogenated alkanes) is 1. The Bertz CT molecular complexity index is 790. The summed E-state index contributed by atoms with van der Waals surface area (Å²) in [7, 11) is 0. The van der Waals surface area contributed by atoms with Crippen molar-refractivity contribution in [3.63, 3.8) is 0 Å². The van der Waals surface area contributed by atoms with Crippen LogP contribution in [0.15, 0.2) is 30.3 Å². The van der Waals surface area contributed by atoms with E-state index in [4.69, 9.17) is 18.9 Å². The predicted octanol–water partition coefficient (Wildman–Crippen LogP) is 4.31. The van der Waals surface area contributed by atoms with Gasteiger partial charge in [-0.3, -0.25) is 0 Å². The molecule has 2 N–H and O–H groups in total. The van der Waals surface area contributed by atoms with Crippen molar-refractivity contribution in [3.8, 4) is 0 Å². The molecule has 0 aliphatic rings. The SMILES string of the molecule is CC(C)COC(=O)OC(=O)[C@H](CCCCNC(=O)OC(C)(C)C)NC(=O)OCc1ccccc1.